The average molecular weight is 359 g/mol. The molecule has 1 aromatic heterocycles. The molecule has 3 heterocycles. The monoisotopic (exact) mass is 358 g/mol. The predicted octanol–water partition coefficient (Wildman–Crippen LogP) is 4.19. The molecule has 0 radical (unpaired) electrons. The van der Waals surface area contributed by atoms with Crippen molar-refractivity contribution < 1.29 is 4.79 Å². The summed E-state index contributed by atoms with van der Waals surface area (Å²) in [5.74, 6) is 0.0433. The largest absolute Gasteiger partial charge is 0.347 e. The molecular weight excluding hydrogens is 340 g/mol. The van der Waals surface area contributed by atoms with Gasteiger partial charge in [0.15, 0.2) is 0 Å². The van der Waals surface area contributed by atoms with Crippen LogP contribution in [0.4, 0.5) is 0 Å². The third-order valence-electron chi connectivity index (χ3n) is 4.76. The first-order valence-corrected chi connectivity index (χ1v) is 9.47. The van der Waals surface area contributed by atoms with E-state index in [-0.39, 0.29) is 11.9 Å². The lowest BCUT2D eigenvalue weighted by Gasteiger charge is -2.20. The van der Waals surface area contributed by atoms with Gasteiger partial charge >= 0.3 is 0 Å². The third-order valence-corrected chi connectivity index (χ3v) is 6.04. The van der Waals surface area contributed by atoms with E-state index in [1.165, 1.54) is 24.2 Å². The van der Waals surface area contributed by atoms with Gasteiger partial charge in [-0.2, -0.15) is 0 Å². The second kappa shape index (κ2) is 6.71. The average Bonchev–Trinajstić information content (AvgIpc) is 3.29. The van der Waals surface area contributed by atoms with Crippen molar-refractivity contribution in [2.45, 2.75) is 37.4 Å². The van der Waals surface area contributed by atoms with Crippen molar-refractivity contribution in [1.82, 2.24) is 10.6 Å². The summed E-state index contributed by atoms with van der Waals surface area (Å²) < 4.78 is 0. The minimum absolute atomic E-state index is 0.0433. The van der Waals surface area contributed by atoms with Crippen molar-refractivity contribution in [3.63, 3.8) is 0 Å². The summed E-state index contributed by atoms with van der Waals surface area (Å²) in [6.45, 7) is 0. The van der Waals surface area contributed by atoms with Crippen molar-refractivity contribution in [3.05, 3.63) is 56.7 Å². The van der Waals surface area contributed by atoms with E-state index in [9.17, 15) is 4.79 Å². The predicted molar refractivity (Wildman–Crippen MR) is 101 cm³/mol. The third kappa shape index (κ3) is 3.41. The van der Waals surface area contributed by atoms with Crippen LogP contribution in [0.3, 0.4) is 0 Å². The smallest absolute Gasteiger partial charge is 0.261 e. The van der Waals surface area contributed by atoms with Gasteiger partial charge in [-0.25, -0.2) is 0 Å². The standard InChI is InChI=1S/C19H19ClN2OS/c20-13-3-1-2-12(10-13)4-6-15-7-9-18(24-15)19(23)22-17-11-14-5-8-16(17)21-14/h1-4,6-7,9-10,14,16-17,21H,5,8,11H2,(H,22,23)/t14-,16+,17-/m1/s1. The Morgan fingerprint density at radius 2 is 2.17 bits per heavy atom. The molecule has 0 spiro atoms. The Hall–Kier alpha value is -1.62. The van der Waals surface area contributed by atoms with Gasteiger partial charge in [-0.3, -0.25) is 4.79 Å². The van der Waals surface area contributed by atoms with Crippen LogP contribution < -0.4 is 10.6 Å². The molecule has 2 bridgehead atoms. The minimum atomic E-state index is 0.0433. The zero-order valence-electron chi connectivity index (χ0n) is 13.2. The second-order valence-corrected chi connectivity index (χ2v) is 8.01. The summed E-state index contributed by atoms with van der Waals surface area (Å²) in [7, 11) is 0. The lowest BCUT2D eigenvalue weighted by Crippen LogP contribution is -2.42. The van der Waals surface area contributed by atoms with Crippen molar-refractivity contribution >= 4 is 41.0 Å². The summed E-state index contributed by atoms with van der Waals surface area (Å²) in [5.41, 5.74) is 1.05. The van der Waals surface area contributed by atoms with Gasteiger partial charge < -0.3 is 10.6 Å². The molecule has 2 fully saturated rings. The Labute approximate surface area is 150 Å². The number of carbonyl (C=O) groups excluding carboxylic acids is 1. The molecule has 0 unspecified atom stereocenters. The van der Waals surface area contributed by atoms with Crippen molar-refractivity contribution in [3.8, 4) is 0 Å². The highest BCUT2D eigenvalue weighted by Gasteiger charge is 2.39. The van der Waals surface area contributed by atoms with E-state index >= 15 is 0 Å². The zero-order valence-corrected chi connectivity index (χ0v) is 14.7. The highest BCUT2D eigenvalue weighted by Crippen LogP contribution is 2.29. The molecular formula is C19H19ClN2OS. The molecule has 124 valence electrons. The van der Waals surface area contributed by atoms with Crippen molar-refractivity contribution in [2.75, 3.05) is 0 Å². The van der Waals surface area contributed by atoms with Crippen LogP contribution in [0.1, 0.15) is 39.4 Å². The Bertz CT molecular complexity index is 785. The second-order valence-electron chi connectivity index (χ2n) is 6.45. The fourth-order valence-electron chi connectivity index (χ4n) is 3.58. The van der Waals surface area contributed by atoms with Gasteiger partial charge in [0.2, 0.25) is 0 Å². The molecule has 5 heteroatoms. The van der Waals surface area contributed by atoms with Crippen LogP contribution in [0, 0.1) is 0 Å². The van der Waals surface area contributed by atoms with Crippen LogP contribution in [0.5, 0.6) is 0 Å². The fraction of sp³-hybridized carbons (Fsp3) is 0.316. The maximum atomic E-state index is 12.4. The summed E-state index contributed by atoms with van der Waals surface area (Å²) >= 11 is 7.51. The van der Waals surface area contributed by atoms with Crippen LogP contribution in [0.15, 0.2) is 36.4 Å². The molecule has 2 N–H and O–H groups in total. The molecule has 0 aliphatic carbocycles. The number of thiophene rings is 1. The highest BCUT2D eigenvalue weighted by atomic mass is 35.5. The molecule has 2 aliphatic heterocycles. The molecule has 2 saturated heterocycles. The van der Waals surface area contributed by atoms with E-state index in [0.717, 1.165) is 26.8 Å². The van der Waals surface area contributed by atoms with E-state index in [0.29, 0.717) is 12.1 Å². The van der Waals surface area contributed by atoms with Gasteiger partial charge in [-0.05, 0) is 55.2 Å². The summed E-state index contributed by atoms with van der Waals surface area (Å²) in [4.78, 5) is 14.3. The zero-order chi connectivity index (χ0) is 16.5. The van der Waals surface area contributed by atoms with Gasteiger partial charge in [-0.15, -0.1) is 11.3 Å². The van der Waals surface area contributed by atoms with Gasteiger partial charge in [-0.1, -0.05) is 29.8 Å². The Balaban J connectivity index is 1.40. The SMILES string of the molecule is O=C(N[C@@H]1C[C@H]2CC[C@@H]1N2)c1ccc(C=Cc2cccc(Cl)c2)s1. The van der Waals surface area contributed by atoms with Gasteiger partial charge in [0.1, 0.15) is 0 Å². The number of nitrogens with one attached hydrogen (secondary N) is 2. The van der Waals surface area contributed by atoms with Gasteiger partial charge in [0.25, 0.3) is 5.91 Å². The van der Waals surface area contributed by atoms with Crippen molar-refractivity contribution in [2.24, 2.45) is 0 Å². The Kier molecular flexibility index (Phi) is 4.44. The maximum Gasteiger partial charge on any atom is 0.261 e. The lowest BCUT2D eigenvalue weighted by molar-refractivity contribution is 0.0935. The van der Waals surface area contributed by atoms with E-state index in [1.807, 2.05) is 48.6 Å². The van der Waals surface area contributed by atoms with Gasteiger partial charge in [0, 0.05) is 28.0 Å². The number of benzene rings is 1. The van der Waals surface area contributed by atoms with Crippen LogP contribution in [-0.4, -0.2) is 24.0 Å². The van der Waals surface area contributed by atoms with Crippen molar-refractivity contribution in [1.29, 1.82) is 0 Å². The first kappa shape index (κ1) is 15.9. The molecule has 24 heavy (non-hydrogen) atoms. The fourth-order valence-corrected chi connectivity index (χ4v) is 4.59. The van der Waals surface area contributed by atoms with E-state index in [2.05, 4.69) is 10.6 Å². The number of hydrogen-bond donors (Lipinski definition) is 2. The van der Waals surface area contributed by atoms with E-state index in [1.54, 1.807) is 0 Å². The summed E-state index contributed by atoms with van der Waals surface area (Å²) in [6, 6.07) is 12.9. The highest BCUT2D eigenvalue weighted by molar-refractivity contribution is 7.14. The van der Waals surface area contributed by atoms with Crippen LogP contribution in [0.25, 0.3) is 12.2 Å². The summed E-state index contributed by atoms with van der Waals surface area (Å²) in [5, 5.41) is 7.46. The number of rotatable bonds is 4. The molecule has 0 saturated carbocycles. The lowest BCUT2D eigenvalue weighted by atomic mass is 9.95. The van der Waals surface area contributed by atoms with E-state index in [4.69, 9.17) is 11.6 Å². The first-order chi connectivity index (χ1) is 11.7. The first-order valence-electron chi connectivity index (χ1n) is 8.28. The topological polar surface area (TPSA) is 41.1 Å². The van der Waals surface area contributed by atoms with Crippen LogP contribution in [-0.2, 0) is 0 Å². The Morgan fingerprint density at radius 1 is 1.25 bits per heavy atom. The molecule has 1 amide bonds. The molecule has 1 aromatic carbocycles. The van der Waals surface area contributed by atoms with Crippen LogP contribution in [0.2, 0.25) is 5.02 Å². The quantitative estimate of drug-likeness (QED) is 0.860. The molecule has 3 nitrogen and oxygen atoms in total. The number of carbonyl (C=O) groups is 1. The number of halogens is 1. The molecule has 3 atom stereocenters. The van der Waals surface area contributed by atoms with Crippen LogP contribution >= 0.6 is 22.9 Å². The normalized spacial score (nSPS) is 25.5. The number of fused-ring (bicyclic) bond motifs is 2. The molecule has 4 rings (SSSR count). The maximum absolute atomic E-state index is 12.4. The van der Waals surface area contributed by atoms with E-state index < -0.39 is 0 Å². The number of hydrogen-bond acceptors (Lipinski definition) is 3. The Morgan fingerprint density at radius 3 is 2.92 bits per heavy atom. The number of amides is 1. The van der Waals surface area contributed by atoms with Gasteiger partial charge in [0.05, 0.1) is 4.88 Å². The molecule has 2 aromatic rings. The summed E-state index contributed by atoms with van der Waals surface area (Å²) in [6.07, 6.45) is 7.51. The molecule has 2 aliphatic rings. The minimum Gasteiger partial charge on any atom is -0.347 e.